The van der Waals surface area contributed by atoms with Gasteiger partial charge in [0.05, 0.1) is 19.6 Å². The van der Waals surface area contributed by atoms with Crippen LogP contribution in [0.15, 0.2) is 24.3 Å². The maximum atomic E-state index is 11.8. The number of benzene rings is 1. The zero-order chi connectivity index (χ0) is 13.4. The Morgan fingerprint density at radius 1 is 1.00 bits per heavy atom. The van der Waals surface area contributed by atoms with Gasteiger partial charge in [0.15, 0.2) is 5.78 Å². The van der Waals surface area contributed by atoms with E-state index in [4.69, 9.17) is 9.47 Å². The van der Waals surface area contributed by atoms with E-state index in [1.165, 1.54) is 0 Å². The summed E-state index contributed by atoms with van der Waals surface area (Å²) in [5.41, 5.74) is 0.586. The molecule has 0 spiro atoms. The van der Waals surface area contributed by atoms with Crippen molar-refractivity contribution in [3.63, 3.8) is 0 Å². The zero-order valence-electron chi connectivity index (χ0n) is 10.8. The Hall–Kier alpha value is -1.84. The van der Waals surface area contributed by atoms with Gasteiger partial charge >= 0.3 is 5.97 Å². The van der Waals surface area contributed by atoms with Crippen molar-refractivity contribution in [3.8, 4) is 5.75 Å². The Morgan fingerprint density at radius 2 is 1.67 bits per heavy atom. The van der Waals surface area contributed by atoms with Crippen LogP contribution in [0.3, 0.4) is 0 Å². The average Bonchev–Trinajstić information content (AvgIpc) is 2.37. The van der Waals surface area contributed by atoms with Gasteiger partial charge in [0.2, 0.25) is 0 Å². The largest absolute Gasteiger partial charge is 0.494 e. The Balaban J connectivity index is 2.48. The van der Waals surface area contributed by atoms with E-state index in [1.54, 1.807) is 31.2 Å². The molecule has 0 aliphatic carbocycles. The van der Waals surface area contributed by atoms with Crippen molar-refractivity contribution in [2.75, 3.05) is 13.2 Å². The van der Waals surface area contributed by atoms with Gasteiger partial charge in [-0.05, 0) is 38.1 Å². The van der Waals surface area contributed by atoms with Gasteiger partial charge in [-0.1, -0.05) is 0 Å². The van der Waals surface area contributed by atoms with Crippen molar-refractivity contribution >= 4 is 11.8 Å². The summed E-state index contributed by atoms with van der Waals surface area (Å²) in [6, 6.07) is 6.92. The molecule has 0 unspecified atom stereocenters. The number of carbonyl (C=O) groups is 2. The molecule has 1 rings (SSSR count). The summed E-state index contributed by atoms with van der Waals surface area (Å²) in [4.78, 5) is 22.9. The van der Waals surface area contributed by atoms with Crippen molar-refractivity contribution < 1.29 is 19.1 Å². The number of carbonyl (C=O) groups excluding carboxylic acids is 2. The van der Waals surface area contributed by atoms with Gasteiger partial charge in [-0.2, -0.15) is 0 Å². The van der Waals surface area contributed by atoms with Crippen LogP contribution in [0, 0.1) is 0 Å². The fourth-order valence-corrected chi connectivity index (χ4v) is 1.50. The van der Waals surface area contributed by atoms with Crippen LogP contribution < -0.4 is 4.74 Å². The molecule has 0 aliphatic rings. The van der Waals surface area contributed by atoms with Crippen molar-refractivity contribution in [1.29, 1.82) is 0 Å². The summed E-state index contributed by atoms with van der Waals surface area (Å²) in [5, 5.41) is 0. The first-order valence-electron chi connectivity index (χ1n) is 6.09. The van der Waals surface area contributed by atoms with Crippen molar-refractivity contribution in [3.05, 3.63) is 29.8 Å². The van der Waals surface area contributed by atoms with Crippen molar-refractivity contribution in [2.45, 2.75) is 26.7 Å². The van der Waals surface area contributed by atoms with E-state index in [0.29, 0.717) is 18.8 Å². The SMILES string of the molecule is CCOC(=O)CCC(=O)c1ccc(OCC)cc1. The third kappa shape index (κ3) is 4.57. The molecule has 0 aliphatic heterocycles. The Morgan fingerprint density at radius 3 is 2.22 bits per heavy atom. The standard InChI is InChI=1S/C14H18O4/c1-3-17-12-7-5-11(6-8-12)13(15)9-10-14(16)18-4-2/h5-8H,3-4,9-10H2,1-2H3. The molecule has 98 valence electrons. The molecule has 0 radical (unpaired) electrons. The van der Waals surface area contributed by atoms with Gasteiger partial charge in [0.1, 0.15) is 5.75 Å². The van der Waals surface area contributed by atoms with E-state index in [1.807, 2.05) is 6.92 Å². The molecule has 4 nitrogen and oxygen atoms in total. The van der Waals surface area contributed by atoms with E-state index >= 15 is 0 Å². The first-order chi connectivity index (χ1) is 8.67. The zero-order valence-corrected chi connectivity index (χ0v) is 10.8. The topological polar surface area (TPSA) is 52.6 Å². The van der Waals surface area contributed by atoms with Crippen LogP contribution in [0.2, 0.25) is 0 Å². The molecule has 4 heteroatoms. The van der Waals surface area contributed by atoms with Crippen LogP contribution in [-0.2, 0) is 9.53 Å². The van der Waals surface area contributed by atoms with E-state index < -0.39 is 0 Å². The van der Waals surface area contributed by atoms with Crippen LogP contribution >= 0.6 is 0 Å². The molecule has 18 heavy (non-hydrogen) atoms. The van der Waals surface area contributed by atoms with Crippen molar-refractivity contribution in [1.82, 2.24) is 0 Å². The third-order valence-electron chi connectivity index (χ3n) is 2.35. The molecule has 1 aromatic carbocycles. The fourth-order valence-electron chi connectivity index (χ4n) is 1.50. The number of ether oxygens (including phenoxy) is 2. The van der Waals surface area contributed by atoms with Gasteiger partial charge < -0.3 is 9.47 Å². The molecular formula is C14H18O4. The summed E-state index contributed by atoms with van der Waals surface area (Å²) in [6.45, 7) is 4.58. The Bertz CT molecular complexity index is 395. The van der Waals surface area contributed by atoms with Crippen LogP contribution in [0.5, 0.6) is 5.75 Å². The lowest BCUT2D eigenvalue weighted by molar-refractivity contribution is -0.143. The fraction of sp³-hybridized carbons (Fsp3) is 0.429. The van der Waals surface area contributed by atoms with Crippen LogP contribution in [0.1, 0.15) is 37.0 Å². The molecular weight excluding hydrogens is 232 g/mol. The van der Waals surface area contributed by atoms with Gasteiger partial charge in [-0.25, -0.2) is 0 Å². The highest BCUT2D eigenvalue weighted by molar-refractivity contribution is 5.97. The first-order valence-corrected chi connectivity index (χ1v) is 6.09. The summed E-state index contributed by atoms with van der Waals surface area (Å²) < 4.78 is 10.1. The predicted molar refractivity (Wildman–Crippen MR) is 67.8 cm³/mol. The molecule has 0 saturated carbocycles. The molecule has 0 fully saturated rings. The normalized spacial score (nSPS) is 9.89. The van der Waals surface area contributed by atoms with Gasteiger partial charge in [0.25, 0.3) is 0 Å². The Labute approximate surface area is 107 Å². The lowest BCUT2D eigenvalue weighted by atomic mass is 10.1. The van der Waals surface area contributed by atoms with Gasteiger partial charge in [-0.15, -0.1) is 0 Å². The van der Waals surface area contributed by atoms with Crippen LogP contribution in [0.4, 0.5) is 0 Å². The molecule has 0 aromatic heterocycles. The third-order valence-corrected chi connectivity index (χ3v) is 2.35. The van der Waals surface area contributed by atoms with Crippen molar-refractivity contribution in [2.24, 2.45) is 0 Å². The first kappa shape index (κ1) is 14.2. The number of hydrogen-bond donors (Lipinski definition) is 0. The van der Waals surface area contributed by atoms with E-state index in [9.17, 15) is 9.59 Å². The Kier molecular flexibility index (Phi) is 5.91. The summed E-state index contributed by atoms with van der Waals surface area (Å²) >= 11 is 0. The quantitative estimate of drug-likeness (QED) is 0.551. The number of ketones is 1. The molecule has 0 atom stereocenters. The number of Topliss-reactive ketones (excluding diaryl/α,β-unsaturated/α-hetero) is 1. The van der Waals surface area contributed by atoms with E-state index in [-0.39, 0.29) is 24.6 Å². The maximum Gasteiger partial charge on any atom is 0.306 e. The monoisotopic (exact) mass is 250 g/mol. The molecule has 0 amide bonds. The van der Waals surface area contributed by atoms with E-state index in [2.05, 4.69) is 0 Å². The molecule has 0 heterocycles. The minimum Gasteiger partial charge on any atom is -0.494 e. The number of esters is 1. The minimum absolute atomic E-state index is 0.0638. The number of rotatable bonds is 7. The molecule has 1 aromatic rings. The lowest BCUT2D eigenvalue weighted by Gasteiger charge is -2.04. The summed E-state index contributed by atoms with van der Waals surface area (Å²) in [7, 11) is 0. The second kappa shape index (κ2) is 7.48. The minimum atomic E-state index is -0.336. The maximum absolute atomic E-state index is 11.8. The lowest BCUT2D eigenvalue weighted by Crippen LogP contribution is -2.07. The highest BCUT2D eigenvalue weighted by atomic mass is 16.5. The molecule has 0 bridgehead atoms. The smallest absolute Gasteiger partial charge is 0.306 e. The van der Waals surface area contributed by atoms with E-state index in [0.717, 1.165) is 5.75 Å². The van der Waals surface area contributed by atoms with Crippen LogP contribution in [-0.4, -0.2) is 25.0 Å². The second-order valence-corrected chi connectivity index (χ2v) is 3.69. The predicted octanol–water partition coefficient (Wildman–Crippen LogP) is 2.61. The summed E-state index contributed by atoms with van der Waals surface area (Å²) in [6.07, 6.45) is 0.298. The highest BCUT2D eigenvalue weighted by Gasteiger charge is 2.09. The van der Waals surface area contributed by atoms with Crippen LogP contribution in [0.25, 0.3) is 0 Å². The average molecular weight is 250 g/mol. The highest BCUT2D eigenvalue weighted by Crippen LogP contribution is 2.14. The molecule has 0 N–H and O–H groups in total. The summed E-state index contributed by atoms with van der Waals surface area (Å²) in [5.74, 6) is 0.335. The van der Waals surface area contributed by atoms with Gasteiger partial charge in [0, 0.05) is 12.0 Å². The van der Waals surface area contributed by atoms with Gasteiger partial charge in [-0.3, -0.25) is 9.59 Å². The second-order valence-electron chi connectivity index (χ2n) is 3.69. The number of hydrogen-bond acceptors (Lipinski definition) is 4. The molecule has 0 saturated heterocycles.